The van der Waals surface area contributed by atoms with Crippen LogP contribution in [-0.4, -0.2) is 40.3 Å². The molecule has 2 rings (SSSR count). The Labute approximate surface area is 119 Å². The van der Waals surface area contributed by atoms with Crippen molar-refractivity contribution in [2.24, 2.45) is 0 Å². The molecule has 0 saturated heterocycles. The normalized spacial score (nSPS) is 13.8. The summed E-state index contributed by atoms with van der Waals surface area (Å²) in [4.78, 5) is 37.7. The second-order valence-electron chi connectivity index (χ2n) is 4.58. The lowest BCUT2D eigenvalue weighted by Gasteiger charge is -2.03. The summed E-state index contributed by atoms with van der Waals surface area (Å²) in [6.45, 7) is 1.65. The molecular formula is C12H15N3O4S. The average Bonchev–Trinajstić information content (AvgIpc) is 3.05. The van der Waals surface area contributed by atoms with Gasteiger partial charge in [-0.3, -0.25) is 9.59 Å². The lowest BCUT2D eigenvalue weighted by atomic mass is 10.3. The number of ketones is 1. The number of hydrogen-bond donors (Lipinski definition) is 3. The summed E-state index contributed by atoms with van der Waals surface area (Å²) in [7, 11) is 0. The van der Waals surface area contributed by atoms with Crippen LogP contribution in [0, 0.1) is 0 Å². The largest absolute Gasteiger partial charge is 0.476 e. The van der Waals surface area contributed by atoms with Gasteiger partial charge in [0.2, 0.25) is 5.91 Å². The molecule has 7 nitrogen and oxygen atoms in total. The number of Topliss-reactive ketones (excluding diaryl/α,β-unsaturated/α-hetero) is 1. The van der Waals surface area contributed by atoms with Gasteiger partial charge in [0, 0.05) is 25.9 Å². The van der Waals surface area contributed by atoms with Crippen LogP contribution in [0.4, 0.5) is 5.13 Å². The van der Waals surface area contributed by atoms with Crippen LogP contribution in [0.2, 0.25) is 0 Å². The van der Waals surface area contributed by atoms with Gasteiger partial charge in [0.25, 0.3) is 0 Å². The van der Waals surface area contributed by atoms with E-state index in [2.05, 4.69) is 15.6 Å². The molecule has 0 spiro atoms. The molecule has 1 aromatic rings. The van der Waals surface area contributed by atoms with Gasteiger partial charge >= 0.3 is 5.97 Å². The van der Waals surface area contributed by atoms with Crippen molar-refractivity contribution in [2.75, 3.05) is 11.9 Å². The fourth-order valence-corrected chi connectivity index (χ4v) is 2.47. The molecule has 0 unspecified atom stereocenters. The minimum Gasteiger partial charge on any atom is -0.476 e. The van der Waals surface area contributed by atoms with Crippen molar-refractivity contribution >= 4 is 34.1 Å². The quantitative estimate of drug-likeness (QED) is 0.651. The molecule has 0 atom stereocenters. The van der Waals surface area contributed by atoms with Crippen LogP contribution in [-0.2, 0) is 4.79 Å². The maximum absolute atomic E-state index is 11.5. The zero-order valence-electron chi connectivity index (χ0n) is 10.9. The third-order valence-electron chi connectivity index (χ3n) is 2.72. The van der Waals surface area contributed by atoms with Crippen molar-refractivity contribution in [3.05, 3.63) is 10.6 Å². The van der Waals surface area contributed by atoms with Crippen molar-refractivity contribution in [3.63, 3.8) is 0 Å². The summed E-state index contributed by atoms with van der Waals surface area (Å²) in [6, 6.07) is 0.324. The monoisotopic (exact) mass is 297 g/mol. The molecule has 3 N–H and O–H groups in total. The Hall–Kier alpha value is -1.96. The van der Waals surface area contributed by atoms with Gasteiger partial charge in [-0.2, -0.15) is 0 Å². The van der Waals surface area contributed by atoms with E-state index in [9.17, 15) is 14.4 Å². The van der Waals surface area contributed by atoms with E-state index in [1.807, 2.05) is 0 Å². The molecule has 0 aromatic carbocycles. The molecule has 1 heterocycles. The van der Waals surface area contributed by atoms with Crippen LogP contribution in [0.1, 0.15) is 46.3 Å². The Kier molecular flexibility index (Phi) is 4.33. The molecule has 1 saturated carbocycles. The summed E-state index contributed by atoms with van der Waals surface area (Å²) in [5.41, 5.74) is -0.243. The van der Waals surface area contributed by atoms with E-state index in [1.54, 1.807) is 0 Å². The Morgan fingerprint density at radius 1 is 1.40 bits per heavy atom. The van der Waals surface area contributed by atoms with Crippen molar-refractivity contribution in [1.82, 2.24) is 10.3 Å². The van der Waals surface area contributed by atoms with Crippen LogP contribution in [0.25, 0.3) is 0 Å². The van der Waals surface area contributed by atoms with Gasteiger partial charge in [0.05, 0.1) is 0 Å². The van der Waals surface area contributed by atoms with Crippen molar-refractivity contribution < 1.29 is 19.5 Å². The SMILES string of the molecule is CC(=O)c1sc(NCCC(=O)NC2CC2)nc1C(=O)O. The Balaban J connectivity index is 1.88. The van der Waals surface area contributed by atoms with E-state index < -0.39 is 5.97 Å². The second-order valence-corrected chi connectivity index (χ2v) is 5.58. The van der Waals surface area contributed by atoms with E-state index in [-0.39, 0.29) is 28.7 Å². The van der Waals surface area contributed by atoms with E-state index in [4.69, 9.17) is 5.11 Å². The van der Waals surface area contributed by atoms with Gasteiger partial charge in [-0.15, -0.1) is 0 Å². The van der Waals surface area contributed by atoms with Crippen LogP contribution >= 0.6 is 11.3 Å². The second kappa shape index (κ2) is 6.00. The van der Waals surface area contributed by atoms with Gasteiger partial charge in [-0.25, -0.2) is 9.78 Å². The summed E-state index contributed by atoms with van der Waals surface area (Å²) in [6.07, 6.45) is 2.36. The number of rotatable bonds is 7. The fourth-order valence-electron chi connectivity index (χ4n) is 1.59. The van der Waals surface area contributed by atoms with E-state index in [1.165, 1.54) is 6.92 Å². The molecule has 1 fully saturated rings. The topological polar surface area (TPSA) is 108 Å². The number of carboxylic acids is 1. The predicted molar refractivity (Wildman–Crippen MR) is 73.3 cm³/mol. The standard InChI is InChI=1S/C12H15N3O4S/c1-6(16)10-9(11(18)19)15-12(20-10)13-5-4-8(17)14-7-2-3-7/h7H,2-5H2,1H3,(H,13,15)(H,14,17)(H,18,19). The van der Waals surface area contributed by atoms with E-state index in [0.29, 0.717) is 17.7 Å². The third kappa shape index (κ3) is 3.77. The molecule has 0 aliphatic heterocycles. The van der Waals surface area contributed by atoms with Gasteiger partial charge in [-0.1, -0.05) is 11.3 Å². The maximum atomic E-state index is 11.5. The summed E-state index contributed by atoms with van der Waals surface area (Å²) in [5.74, 6) is -1.60. The number of nitrogens with one attached hydrogen (secondary N) is 2. The first kappa shape index (κ1) is 14.4. The molecule has 1 amide bonds. The van der Waals surface area contributed by atoms with Gasteiger partial charge in [0.1, 0.15) is 4.88 Å². The average molecular weight is 297 g/mol. The van der Waals surface area contributed by atoms with Crippen molar-refractivity contribution in [2.45, 2.75) is 32.2 Å². The van der Waals surface area contributed by atoms with Gasteiger partial charge in [0.15, 0.2) is 16.6 Å². The minimum absolute atomic E-state index is 0.0400. The van der Waals surface area contributed by atoms with Crippen LogP contribution < -0.4 is 10.6 Å². The van der Waals surface area contributed by atoms with Gasteiger partial charge in [-0.05, 0) is 12.8 Å². The zero-order chi connectivity index (χ0) is 14.7. The Bertz CT molecular complexity index is 519. The fraction of sp³-hybridized carbons (Fsp3) is 0.500. The first-order valence-corrected chi connectivity index (χ1v) is 7.07. The molecule has 0 radical (unpaired) electrons. The highest BCUT2D eigenvalue weighted by atomic mass is 32.1. The maximum Gasteiger partial charge on any atom is 0.356 e. The number of nitrogens with zero attached hydrogens (tertiary/aromatic N) is 1. The molecule has 1 aliphatic rings. The summed E-state index contributed by atoms with van der Waals surface area (Å²) >= 11 is 0.990. The summed E-state index contributed by atoms with van der Waals surface area (Å²) in [5, 5.41) is 15.0. The highest BCUT2D eigenvalue weighted by Gasteiger charge is 2.23. The number of anilines is 1. The molecule has 20 heavy (non-hydrogen) atoms. The predicted octanol–water partition coefficient (Wildman–Crippen LogP) is 1.12. The lowest BCUT2D eigenvalue weighted by molar-refractivity contribution is -0.120. The number of amides is 1. The molecule has 8 heteroatoms. The number of carbonyl (C=O) groups is 3. The Morgan fingerprint density at radius 3 is 2.60 bits per heavy atom. The van der Waals surface area contributed by atoms with E-state index >= 15 is 0 Å². The van der Waals surface area contributed by atoms with E-state index in [0.717, 1.165) is 24.2 Å². The zero-order valence-corrected chi connectivity index (χ0v) is 11.7. The molecular weight excluding hydrogens is 282 g/mol. The van der Waals surface area contributed by atoms with Crippen LogP contribution in [0.15, 0.2) is 0 Å². The lowest BCUT2D eigenvalue weighted by Crippen LogP contribution is -2.27. The summed E-state index contributed by atoms with van der Waals surface area (Å²) < 4.78 is 0. The van der Waals surface area contributed by atoms with Crippen LogP contribution in [0.5, 0.6) is 0 Å². The van der Waals surface area contributed by atoms with Gasteiger partial charge < -0.3 is 15.7 Å². The minimum atomic E-state index is -1.23. The van der Waals surface area contributed by atoms with Crippen LogP contribution in [0.3, 0.4) is 0 Å². The van der Waals surface area contributed by atoms with Crippen molar-refractivity contribution in [3.8, 4) is 0 Å². The number of carboxylic acid groups (broad SMARTS) is 1. The highest BCUT2D eigenvalue weighted by Crippen LogP contribution is 2.23. The first-order chi connectivity index (χ1) is 9.47. The smallest absolute Gasteiger partial charge is 0.356 e. The third-order valence-corrected chi connectivity index (χ3v) is 3.83. The number of carbonyl (C=O) groups excluding carboxylic acids is 2. The molecule has 108 valence electrons. The highest BCUT2D eigenvalue weighted by molar-refractivity contribution is 7.17. The first-order valence-electron chi connectivity index (χ1n) is 6.25. The molecule has 0 bridgehead atoms. The Morgan fingerprint density at radius 2 is 2.10 bits per heavy atom. The van der Waals surface area contributed by atoms with Crippen molar-refractivity contribution in [1.29, 1.82) is 0 Å². The number of aromatic nitrogens is 1. The number of aromatic carboxylic acids is 1. The molecule has 1 aliphatic carbocycles. The molecule has 1 aromatic heterocycles. The number of thiazole rings is 1. The number of hydrogen-bond acceptors (Lipinski definition) is 6.